The lowest BCUT2D eigenvalue weighted by Gasteiger charge is -2.15. The zero-order valence-electron chi connectivity index (χ0n) is 10.1. The van der Waals surface area contributed by atoms with Gasteiger partial charge < -0.3 is 10.5 Å². The van der Waals surface area contributed by atoms with Crippen molar-refractivity contribution in [3.05, 3.63) is 29.1 Å². The molecule has 20 heavy (non-hydrogen) atoms. The summed E-state index contributed by atoms with van der Waals surface area (Å²) >= 11 is 0. The minimum absolute atomic E-state index is 0.343. The lowest BCUT2D eigenvalue weighted by atomic mass is 10.1. The normalized spacial score (nSPS) is 22.1. The molecule has 1 aromatic rings. The van der Waals surface area contributed by atoms with Crippen LogP contribution in [-0.2, 0) is 4.79 Å². The molecule has 3 nitrogen and oxygen atoms in total. The number of rotatable bonds is 2. The van der Waals surface area contributed by atoms with Crippen molar-refractivity contribution in [1.82, 2.24) is 0 Å². The minimum atomic E-state index is -2.31. The number of hydrogen-bond acceptors (Lipinski definition) is 3. The fourth-order valence-corrected chi connectivity index (χ4v) is 2.13. The largest absolute Gasteiger partial charge is 0.420 e. The van der Waals surface area contributed by atoms with Gasteiger partial charge >= 0.3 is 5.97 Å². The van der Waals surface area contributed by atoms with Crippen LogP contribution in [0.15, 0.2) is 0 Å². The average Bonchev–Trinajstić information content (AvgIpc) is 2.85. The van der Waals surface area contributed by atoms with Crippen LogP contribution in [0.3, 0.4) is 0 Å². The molecular weight excluding hydrogens is 285 g/mol. The van der Waals surface area contributed by atoms with Crippen molar-refractivity contribution in [2.45, 2.75) is 25.3 Å². The summed E-state index contributed by atoms with van der Waals surface area (Å²) in [7, 11) is 0. The van der Waals surface area contributed by atoms with Crippen LogP contribution in [0.4, 0.5) is 22.0 Å². The number of nitrogens with two attached hydrogens (primary N) is 1. The number of halogens is 5. The SMILES string of the molecule is N[C@H]1CCC[C@H]1C(=O)Oc1c(F)c(F)c(F)c(F)c1F. The van der Waals surface area contributed by atoms with E-state index in [4.69, 9.17) is 5.73 Å². The maximum Gasteiger partial charge on any atom is 0.316 e. The first-order chi connectivity index (χ1) is 9.34. The number of hydrogen-bond donors (Lipinski definition) is 1. The molecule has 2 atom stereocenters. The highest BCUT2D eigenvalue weighted by molar-refractivity contribution is 5.76. The van der Waals surface area contributed by atoms with Gasteiger partial charge in [0.05, 0.1) is 5.92 Å². The summed E-state index contributed by atoms with van der Waals surface area (Å²) in [6.07, 6.45) is 1.49. The molecule has 1 aliphatic rings. The van der Waals surface area contributed by atoms with E-state index in [-0.39, 0.29) is 0 Å². The third kappa shape index (κ3) is 2.35. The van der Waals surface area contributed by atoms with Crippen molar-refractivity contribution in [3.63, 3.8) is 0 Å². The third-order valence-corrected chi connectivity index (χ3v) is 3.24. The Labute approximate surface area is 110 Å². The Morgan fingerprint density at radius 1 is 0.950 bits per heavy atom. The monoisotopic (exact) mass is 295 g/mol. The summed E-state index contributed by atoms with van der Waals surface area (Å²) in [6.45, 7) is 0. The van der Waals surface area contributed by atoms with Crippen LogP contribution in [0.1, 0.15) is 19.3 Å². The molecule has 0 aliphatic heterocycles. The van der Waals surface area contributed by atoms with E-state index < -0.39 is 52.8 Å². The Balaban J connectivity index is 2.32. The van der Waals surface area contributed by atoms with E-state index in [1.807, 2.05) is 0 Å². The Bertz CT molecular complexity index is 534. The molecule has 1 saturated carbocycles. The summed E-state index contributed by atoms with van der Waals surface area (Å²) in [5, 5.41) is 0. The van der Waals surface area contributed by atoms with Crippen molar-refractivity contribution in [1.29, 1.82) is 0 Å². The Morgan fingerprint density at radius 3 is 1.90 bits per heavy atom. The average molecular weight is 295 g/mol. The zero-order chi connectivity index (χ0) is 15.0. The third-order valence-electron chi connectivity index (χ3n) is 3.24. The van der Waals surface area contributed by atoms with Crippen molar-refractivity contribution in [2.24, 2.45) is 11.7 Å². The van der Waals surface area contributed by atoms with E-state index in [1.54, 1.807) is 0 Å². The van der Waals surface area contributed by atoms with Crippen LogP contribution in [-0.4, -0.2) is 12.0 Å². The van der Waals surface area contributed by atoms with E-state index in [1.165, 1.54) is 0 Å². The fourth-order valence-electron chi connectivity index (χ4n) is 2.13. The van der Waals surface area contributed by atoms with E-state index in [0.717, 1.165) is 0 Å². The van der Waals surface area contributed by atoms with E-state index in [0.29, 0.717) is 19.3 Å². The highest BCUT2D eigenvalue weighted by atomic mass is 19.2. The highest BCUT2D eigenvalue weighted by Crippen LogP contribution is 2.31. The number of esters is 1. The van der Waals surface area contributed by atoms with Gasteiger partial charge in [-0.1, -0.05) is 6.42 Å². The molecule has 0 amide bonds. The van der Waals surface area contributed by atoms with E-state index in [2.05, 4.69) is 4.74 Å². The second-order valence-electron chi connectivity index (χ2n) is 4.52. The smallest absolute Gasteiger partial charge is 0.316 e. The van der Waals surface area contributed by atoms with Gasteiger partial charge in [0.1, 0.15) is 0 Å². The lowest BCUT2D eigenvalue weighted by molar-refractivity contribution is -0.139. The topological polar surface area (TPSA) is 52.3 Å². The summed E-state index contributed by atoms with van der Waals surface area (Å²) < 4.78 is 69.6. The molecule has 110 valence electrons. The Hall–Kier alpha value is -1.70. The van der Waals surface area contributed by atoms with Crippen LogP contribution in [0.25, 0.3) is 0 Å². The molecule has 0 radical (unpaired) electrons. The van der Waals surface area contributed by atoms with Crippen molar-refractivity contribution < 1.29 is 31.5 Å². The second kappa shape index (κ2) is 5.35. The van der Waals surface area contributed by atoms with Crippen LogP contribution < -0.4 is 10.5 Å². The van der Waals surface area contributed by atoms with Gasteiger partial charge in [-0.3, -0.25) is 4.79 Å². The molecule has 2 rings (SSSR count). The number of carbonyl (C=O) groups is 1. The molecular formula is C12H10F5NO2. The molecule has 0 aromatic heterocycles. The van der Waals surface area contributed by atoms with Crippen LogP contribution in [0.2, 0.25) is 0 Å². The van der Waals surface area contributed by atoms with Gasteiger partial charge in [0.25, 0.3) is 0 Å². The predicted octanol–water partition coefficient (Wildman–Crippen LogP) is 2.41. The number of benzene rings is 1. The zero-order valence-corrected chi connectivity index (χ0v) is 10.1. The highest BCUT2D eigenvalue weighted by Gasteiger charge is 2.35. The predicted molar refractivity (Wildman–Crippen MR) is 57.2 cm³/mol. The molecule has 1 aliphatic carbocycles. The van der Waals surface area contributed by atoms with Gasteiger partial charge in [0, 0.05) is 6.04 Å². The molecule has 0 bridgehead atoms. The molecule has 0 spiro atoms. The Kier molecular flexibility index (Phi) is 3.94. The van der Waals surface area contributed by atoms with Gasteiger partial charge in [-0.15, -0.1) is 0 Å². The maximum atomic E-state index is 13.3. The van der Waals surface area contributed by atoms with Crippen LogP contribution in [0, 0.1) is 35.0 Å². The summed E-state index contributed by atoms with van der Waals surface area (Å²) in [4.78, 5) is 11.7. The van der Waals surface area contributed by atoms with Gasteiger partial charge in [-0.2, -0.15) is 8.78 Å². The van der Waals surface area contributed by atoms with Crippen molar-refractivity contribution in [2.75, 3.05) is 0 Å². The molecule has 0 saturated heterocycles. The van der Waals surface area contributed by atoms with E-state index in [9.17, 15) is 26.7 Å². The molecule has 1 aromatic carbocycles. The van der Waals surface area contributed by atoms with Gasteiger partial charge in [-0.25, -0.2) is 13.2 Å². The van der Waals surface area contributed by atoms with Crippen molar-refractivity contribution in [3.8, 4) is 5.75 Å². The first kappa shape index (κ1) is 14.7. The first-order valence-electron chi connectivity index (χ1n) is 5.83. The van der Waals surface area contributed by atoms with Gasteiger partial charge in [0.15, 0.2) is 0 Å². The molecule has 1 fully saturated rings. The quantitative estimate of drug-likeness (QED) is 0.300. The molecule has 8 heteroatoms. The van der Waals surface area contributed by atoms with Crippen LogP contribution >= 0.6 is 0 Å². The van der Waals surface area contributed by atoms with Gasteiger partial charge in [-0.05, 0) is 12.8 Å². The first-order valence-corrected chi connectivity index (χ1v) is 5.83. The maximum absolute atomic E-state index is 13.3. The van der Waals surface area contributed by atoms with E-state index >= 15 is 0 Å². The summed E-state index contributed by atoms with van der Waals surface area (Å²) in [5.74, 6) is -14.5. The van der Waals surface area contributed by atoms with Crippen molar-refractivity contribution >= 4 is 5.97 Å². The summed E-state index contributed by atoms with van der Waals surface area (Å²) in [5.41, 5.74) is 5.60. The standard InChI is InChI=1S/C12H10F5NO2/c13-6-7(14)9(16)11(10(17)8(6)15)20-12(19)4-2-1-3-5(4)18/h4-5H,1-3,18H2/t4-,5+/m1/s1. The lowest BCUT2D eigenvalue weighted by Crippen LogP contribution is -2.33. The molecule has 2 N–H and O–H groups in total. The van der Waals surface area contributed by atoms with Crippen LogP contribution in [0.5, 0.6) is 5.75 Å². The second-order valence-corrected chi connectivity index (χ2v) is 4.52. The fraction of sp³-hybridized carbons (Fsp3) is 0.417. The number of carbonyl (C=O) groups excluding carboxylic acids is 1. The Morgan fingerprint density at radius 2 is 1.45 bits per heavy atom. The molecule has 0 unspecified atom stereocenters. The van der Waals surface area contributed by atoms with Gasteiger partial charge in [0.2, 0.25) is 34.8 Å². The molecule has 0 heterocycles. The number of ether oxygens (including phenoxy) is 1. The summed E-state index contributed by atoms with van der Waals surface area (Å²) in [6, 6.07) is -0.552. The minimum Gasteiger partial charge on any atom is -0.420 e.